The fourth-order valence-electron chi connectivity index (χ4n) is 5.71. The molecule has 160 valence electrons. The van der Waals surface area contributed by atoms with Gasteiger partial charge in [-0.3, -0.25) is 24.6 Å². The minimum absolute atomic E-state index is 0.0677. The van der Waals surface area contributed by atoms with Gasteiger partial charge in [-0.1, -0.05) is 18.2 Å². The van der Waals surface area contributed by atoms with E-state index in [4.69, 9.17) is 0 Å². The number of piperidine rings is 3. The maximum Gasteiger partial charge on any atom is 0.255 e. The number of amides is 3. The van der Waals surface area contributed by atoms with Crippen LogP contribution >= 0.6 is 0 Å². The van der Waals surface area contributed by atoms with E-state index in [-0.39, 0.29) is 24.1 Å². The van der Waals surface area contributed by atoms with Crippen LogP contribution in [-0.2, 0) is 22.7 Å². The van der Waals surface area contributed by atoms with Crippen LogP contribution in [-0.4, -0.2) is 59.7 Å². The van der Waals surface area contributed by atoms with E-state index in [0.29, 0.717) is 18.4 Å². The molecule has 3 fully saturated rings. The number of nitrogens with one attached hydrogen (secondary N) is 2. The fourth-order valence-corrected chi connectivity index (χ4v) is 5.71. The normalized spacial score (nSPS) is 26.7. The molecule has 5 rings (SSSR count). The van der Waals surface area contributed by atoms with E-state index >= 15 is 0 Å². The smallest absolute Gasteiger partial charge is 0.255 e. The lowest BCUT2D eigenvalue weighted by Crippen LogP contribution is -2.52. The second-order valence-corrected chi connectivity index (χ2v) is 9.38. The molecule has 3 saturated heterocycles. The second kappa shape index (κ2) is 7.78. The number of nitrogens with zero attached hydrogens (tertiary/aromatic N) is 2. The average molecular weight is 411 g/mol. The third-order valence-electron chi connectivity index (χ3n) is 7.61. The van der Waals surface area contributed by atoms with E-state index in [1.807, 2.05) is 12.1 Å². The van der Waals surface area contributed by atoms with Gasteiger partial charge in [0, 0.05) is 25.1 Å². The molecule has 30 heavy (non-hydrogen) atoms. The molecule has 0 aliphatic carbocycles. The predicted molar refractivity (Wildman–Crippen MR) is 112 cm³/mol. The third kappa shape index (κ3) is 3.54. The minimum atomic E-state index is -0.551. The predicted octanol–water partition coefficient (Wildman–Crippen LogP) is 1.41. The summed E-state index contributed by atoms with van der Waals surface area (Å²) in [4.78, 5) is 41.2. The van der Waals surface area contributed by atoms with Gasteiger partial charge >= 0.3 is 0 Å². The molecule has 4 aliphatic heterocycles. The van der Waals surface area contributed by atoms with E-state index in [9.17, 15) is 14.4 Å². The lowest BCUT2D eigenvalue weighted by atomic mass is 9.71. The molecule has 1 unspecified atom stereocenters. The molecule has 7 nitrogen and oxygen atoms in total. The van der Waals surface area contributed by atoms with Crippen molar-refractivity contribution in [2.24, 2.45) is 5.41 Å². The Morgan fingerprint density at radius 3 is 2.53 bits per heavy atom. The highest BCUT2D eigenvalue weighted by atomic mass is 16.2. The Morgan fingerprint density at radius 2 is 1.80 bits per heavy atom. The monoisotopic (exact) mass is 410 g/mol. The van der Waals surface area contributed by atoms with Crippen molar-refractivity contribution in [3.63, 3.8) is 0 Å². The number of carbonyl (C=O) groups excluding carboxylic acids is 3. The van der Waals surface area contributed by atoms with Gasteiger partial charge in [0.15, 0.2) is 0 Å². The molecule has 2 N–H and O–H groups in total. The van der Waals surface area contributed by atoms with Crippen LogP contribution in [0.25, 0.3) is 0 Å². The lowest BCUT2D eigenvalue weighted by Gasteiger charge is -2.44. The van der Waals surface area contributed by atoms with Crippen LogP contribution in [0.3, 0.4) is 0 Å². The third-order valence-corrected chi connectivity index (χ3v) is 7.61. The maximum absolute atomic E-state index is 13.3. The number of likely N-dealkylation sites (tertiary alicyclic amines) is 1. The second-order valence-electron chi connectivity index (χ2n) is 9.38. The molecule has 1 atom stereocenters. The molecule has 0 aromatic heterocycles. The molecule has 1 aromatic rings. The van der Waals surface area contributed by atoms with Crippen LogP contribution in [0, 0.1) is 5.41 Å². The van der Waals surface area contributed by atoms with E-state index < -0.39 is 6.04 Å². The topological polar surface area (TPSA) is 81.8 Å². The SMILES string of the molecule is O=C1CCC(N2Cc3cccc(CN4CCC5(CCNCC5)CC4)c3C2=O)C(=O)N1. The van der Waals surface area contributed by atoms with Gasteiger partial charge in [0.05, 0.1) is 0 Å². The van der Waals surface area contributed by atoms with Gasteiger partial charge < -0.3 is 10.2 Å². The van der Waals surface area contributed by atoms with Crippen molar-refractivity contribution in [2.45, 2.75) is 57.7 Å². The number of rotatable bonds is 3. The summed E-state index contributed by atoms with van der Waals surface area (Å²) in [5, 5.41) is 5.85. The Balaban J connectivity index is 1.28. The molecule has 0 saturated carbocycles. The van der Waals surface area contributed by atoms with E-state index in [0.717, 1.165) is 49.4 Å². The molecule has 4 aliphatic rings. The first-order valence-corrected chi connectivity index (χ1v) is 11.2. The van der Waals surface area contributed by atoms with Crippen LogP contribution in [0.15, 0.2) is 18.2 Å². The highest BCUT2D eigenvalue weighted by Gasteiger charge is 2.40. The maximum atomic E-state index is 13.3. The van der Waals surface area contributed by atoms with Gasteiger partial charge in [-0.05, 0) is 74.8 Å². The van der Waals surface area contributed by atoms with Crippen molar-refractivity contribution in [3.8, 4) is 0 Å². The summed E-state index contributed by atoms with van der Waals surface area (Å²) >= 11 is 0. The van der Waals surface area contributed by atoms with Gasteiger partial charge in [-0.2, -0.15) is 0 Å². The molecule has 3 amide bonds. The first-order chi connectivity index (χ1) is 14.5. The van der Waals surface area contributed by atoms with Crippen LogP contribution in [0.1, 0.15) is 60.0 Å². The molecule has 0 radical (unpaired) electrons. The Kier molecular flexibility index (Phi) is 5.11. The molecule has 0 bridgehead atoms. The number of carbonyl (C=O) groups is 3. The van der Waals surface area contributed by atoms with Gasteiger partial charge in [-0.15, -0.1) is 0 Å². The summed E-state index contributed by atoms with van der Waals surface area (Å²) in [6.45, 7) is 5.66. The summed E-state index contributed by atoms with van der Waals surface area (Å²) < 4.78 is 0. The van der Waals surface area contributed by atoms with Crippen LogP contribution in [0.5, 0.6) is 0 Å². The average Bonchev–Trinajstić information content (AvgIpc) is 3.08. The van der Waals surface area contributed by atoms with Crippen molar-refractivity contribution in [1.29, 1.82) is 0 Å². The van der Waals surface area contributed by atoms with E-state index in [1.165, 1.54) is 25.7 Å². The summed E-state index contributed by atoms with van der Waals surface area (Å²) in [6, 6.07) is 5.51. The van der Waals surface area contributed by atoms with Gasteiger partial charge in [0.1, 0.15) is 6.04 Å². The number of hydrogen-bond acceptors (Lipinski definition) is 5. The molecule has 7 heteroatoms. The first-order valence-electron chi connectivity index (χ1n) is 11.2. The standard InChI is InChI=1S/C23H30N4O3/c28-19-5-4-18(21(29)25-19)27-15-17-3-1-2-16(20(17)22(27)30)14-26-12-8-23(9-13-26)6-10-24-11-7-23/h1-3,18,24H,4-15H2,(H,25,28,29). The molecular weight excluding hydrogens is 380 g/mol. The minimum Gasteiger partial charge on any atom is -0.322 e. The zero-order valence-corrected chi connectivity index (χ0v) is 17.4. The first kappa shape index (κ1) is 19.7. The van der Waals surface area contributed by atoms with Crippen molar-refractivity contribution < 1.29 is 14.4 Å². The van der Waals surface area contributed by atoms with Crippen molar-refractivity contribution >= 4 is 17.7 Å². The van der Waals surface area contributed by atoms with E-state index in [2.05, 4.69) is 21.6 Å². The largest absolute Gasteiger partial charge is 0.322 e. The molecule has 1 aromatic carbocycles. The van der Waals surface area contributed by atoms with Gasteiger partial charge in [-0.25, -0.2) is 0 Å². The highest BCUT2D eigenvalue weighted by Crippen LogP contribution is 2.40. The Bertz CT molecular complexity index is 867. The Labute approximate surface area is 177 Å². The van der Waals surface area contributed by atoms with E-state index in [1.54, 1.807) is 4.90 Å². The number of hydrogen-bond donors (Lipinski definition) is 2. The zero-order valence-electron chi connectivity index (χ0n) is 17.4. The lowest BCUT2D eigenvalue weighted by molar-refractivity contribution is -0.136. The van der Waals surface area contributed by atoms with Gasteiger partial charge in [0.2, 0.25) is 11.8 Å². The van der Waals surface area contributed by atoms with Gasteiger partial charge in [0.25, 0.3) is 5.91 Å². The van der Waals surface area contributed by atoms with Crippen molar-refractivity contribution in [3.05, 3.63) is 34.9 Å². The quantitative estimate of drug-likeness (QED) is 0.737. The molecular formula is C23H30N4O3. The summed E-state index contributed by atoms with van der Waals surface area (Å²) in [7, 11) is 0. The number of benzene rings is 1. The Hall–Kier alpha value is -2.25. The van der Waals surface area contributed by atoms with Crippen LogP contribution in [0.4, 0.5) is 0 Å². The van der Waals surface area contributed by atoms with Crippen LogP contribution < -0.4 is 10.6 Å². The fraction of sp³-hybridized carbons (Fsp3) is 0.609. The van der Waals surface area contributed by atoms with Crippen molar-refractivity contribution in [1.82, 2.24) is 20.4 Å². The number of fused-ring (bicyclic) bond motifs is 1. The zero-order chi connectivity index (χ0) is 20.7. The summed E-state index contributed by atoms with van der Waals surface area (Å²) in [6.07, 6.45) is 5.72. The highest BCUT2D eigenvalue weighted by molar-refractivity contribution is 6.05. The Morgan fingerprint density at radius 1 is 1.03 bits per heavy atom. The molecule has 4 heterocycles. The van der Waals surface area contributed by atoms with Crippen molar-refractivity contribution in [2.75, 3.05) is 26.2 Å². The number of imide groups is 1. The van der Waals surface area contributed by atoms with Crippen LogP contribution in [0.2, 0.25) is 0 Å². The molecule has 1 spiro atoms. The summed E-state index contributed by atoms with van der Waals surface area (Å²) in [5.41, 5.74) is 3.34. The summed E-state index contributed by atoms with van der Waals surface area (Å²) in [5.74, 6) is -0.670.